The van der Waals surface area contributed by atoms with Gasteiger partial charge in [-0.25, -0.2) is 0 Å². The van der Waals surface area contributed by atoms with Gasteiger partial charge in [0.05, 0.1) is 0 Å². The van der Waals surface area contributed by atoms with E-state index >= 15 is 0 Å². The van der Waals surface area contributed by atoms with Gasteiger partial charge in [-0.3, -0.25) is 9.59 Å². The Morgan fingerprint density at radius 2 is 1.77 bits per heavy atom. The number of anilines is 1. The van der Waals surface area contributed by atoms with Gasteiger partial charge in [0.25, 0.3) is 11.8 Å². The molecule has 1 fully saturated rings. The maximum absolute atomic E-state index is 12.7. The van der Waals surface area contributed by atoms with Gasteiger partial charge in [0.15, 0.2) is 0 Å². The van der Waals surface area contributed by atoms with Gasteiger partial charge in [0, 0.05) is 28.9 Å². The standard InChI is InChI=1S/C23H23N3O4/c1-14-3-4-17(23(28)24-18-7-8-18)12-21(14)25-22(27)16-5-9-20(10-6-16)29-13-19-11-15(2)30-26-19/h3-6,9-12,18H,7-8,13H2,1-2H3,(H,24,28)(H,25,27). The van der Waals surface area contributed by atoms with Crippen molar-refractivity contribution in [1.82, 2.24) is 10.5 Å². The molecule has 2 amide bonds. The Labute approximate surface area is 174 Å². The summed E-state index contributed by atoms with van der Waals surface area (Å²) in [4.78, 5) is 24.9. The summed E-state index contributed by atoms with van der Waals surface area (Å²) in [5.74, 6) is 0.987. The molecule has 0 bridgehead atoms. The Morgan fingerprint density at radius 3 is 2.43 bits per heavy atom. The van der Waals surface area contributed by atoms with Crippen LogP contribution in [0.5, 0.6) is 5.75 Å². The van der Waals surface area contributed by atoms with Crippen LogP contribution in [-0.2, 0) is 6.61 Å². The molecule has 0 saturated heterocycles. The molecule has 0 spiro atoms. The van der Waals surface area contributed by atoms with Crippen molar-refractivity contribution in [3.05, 3.63) is 76.7 Å². The zero-order valence-electron chi connectivity index (χ0n) is 16.9. The van der Waals surface area contributed by atoms with Crippen molar-refractivity contribution in [2.24, 2.45) is 0 Å². The SMILES string of the molecule is Cc1cc(COc2ccc(C(=O)Nc3cc(C(=O)NC4CC4)ccc3C)cc2)no1. The number of carbonyl (C=O) groups excluding carboxylic acids is 2. The van der Waals surface area contributed by atoms with E-state index in [1.165, 1.54) is 0 Å². The molecule has 0 radical (unpaired) electrons. The van der Waals surface area contributed by atoms with Gasteiger partial charge in [-0.15, -0.1) is 0 Å². The van der Waals surface area contributed by atoms with Crippen molar-refractivity contribution in [3.8, 4) is 5.75 Å². The molecular formula is C23H23N3O4. The van der Waals surface area contributed by atoms with Crippen LogP contribution in [0.15, 0.2) is 53.1 Å². The Balaban J connectivity index is 1.38. The molecule has 1 saturated carbocycles. The van der Waals surface area contributed by atoms with Crippen LogP contribution in [0.2, 0.25) is 0 Å². The largest absolute Gasteiger partial charge is 0.487 e. The molecule has 3 aromatic rings. The zero-order valence-corrected chi connectivity index (χ0v) is 16.9. The molecule has 0 aliphatic heterocycles. The van der Waals surface area contributed by atoms with Gasteiger partial charge in [-0.05, 0) is 68.7 Å². The van der Waals surface area contributed by atoms with Crippen molar-refractivity contribution < 1.29 is 18.8 Å². The van der Waals surface area contributed by atoms with Gasteiger partial charge in [-0.2, -0.15) is 0 Å². The second-order valence-corrected chi connectivity index (χ2v) is 7.47. The molecule has 154 valence electrons. The van der Waals surface area contributed by atoms with E-state index < -0.39 is 0 Å². The molecule has 7 heteroatoms. The van der Waals surface area contributed by atoms with Crippen LogP contribution in [0.25, 0.3) is 0 Å². The summed E-state index contributed by atoms with van der Waals surface area (Å²) >= 11 is 0. The van der Waals surface area contributed by atoms with E-state index in [0.717, 1.165) is 24.2 Å². The predicted octanol–water partition coefficient (Wildman–Crippen LogP) is 4.01. The maximum atomic E-state index is 12.7. The fraction of sp³-hybridized carbons (Fsp3) is 0.261. The van der Waals surface area contributed by atoms with Gasteiger partial charge in [-0.1, -0.05) is 11.2 Å². The monoisotopic (exact) mass is 405 g/mol. The predicted molar refractivity (Wildman–Crippen MR) is 112 cm³/mol. The summed E-state index contributed by atoms with van der Waals surface area (Å²) in [7, 11) is 0. The number of benzene rings is 2. The first kappa shape index (κ1) is 19.7. The second-order valence-electron chi connectivity index (χ2n) is 7.47. The van der Waals surface area contributed by atoms with Gasteiger partial charge in [0.2, 0.25) is 0 Å². The molecule has 1 heterocycles. The van der Waals surface area contributed by atoms with Crippen LogP contribution in [0, 0.1) is 13.8 Å². The van der Waals surface area contributed by atoms with E-state index in [9.17, 15) is 9.59 Å². The third kappa shape index (κ3) is 4.86. The third-order valence-corrected chi connectivity index (χ3v) is 4.84. The average molecular weight is 405 g/mol. The minimum Gasteiger partial charge on any atom is -0.487 e. The van der Waals surface area contributed by atoms with Crippen molar-refractivity contribution in [2.45, 2.75) is 39.3 Å². The Bertz CT molecular complexity index is 1070. The molecule has 0 atom stereocenters. The van der Waals surface area contributed by atoms with Crippen molar-refractivity contribution in [3.63, 3.8) is 0 Å². The molecule has 7 nitrogen and oxygen atoms in total. The van der Waals surface area contributed by atoms with Crippen LogP contribution in [0.3, 0.4) is 0 Å². The first-order valence-electron chi connectivity index (χ1n) is 9.86. The average Bonchev–Trinajstić information content (AvgIpc) is 3.46. The highest BCUT2D eigenvalue weighted by molar-refractivity contribution is 6.05. The summed E-state index contributed by atoms with van der Waals surface area (Å²) in [6, 6.07) is 14.3. The Morgan fingerprint density at radius 1 is 1.03 bits per heavy atom. The second kappa shape index (κ2) is 8.41. The third-order valence-electron chi connectivity index (χ3n) is 4.84. The number of aromatic nitrogens is 1. The maximum Gasteiger partial charge on any atom is 0.255 e. The van der Waals surface area contributed by atoms with Crippen LogP contribution < -0.4 is 15.4 Å². The highest BCUT2D eigenvalue weighted by Crippen LogP contribution is 2.22. The van der Waals surface area contributed by atoms with Crippen LogP contribution >= 0.6 is 0 Å². The zero-order chi connectivity index (χ0) is 21.1. The van der Waals surface area contributed by atoms with E-state index in [0.29, 0.717) is 28.3 Å². The first-order valence-corrected chi connectivity index (χ1v) is 9.86. The number of nitrogens with one attached hydrogen (secondary N) is 2. The summed E-state index contributed by atoms with van der Waals surface area (Å²) in [6.07, 6.45) is 2.05. The number of rotatable bonds is 7. The minimum atomic E-state index is -0.253. The molecule has 2 N–H and O–H groups in total. The normalized spacial score (nSPS) is 13.0. The van der Waals surface area contributed by atoms with Gasteiger partial charge in [0.1, 0.15) is 23.8 Å². The minimum absolute atomic E-state index is 0.114. The van der Waals surface area contributed by atoms with E-state index in [1.54, 1.807) is 36.4 Å². The van der Waals surface area contributed by atoms with E-state index in [-0.39, 0.29) is 24.5 Å². The van der Waals surface area contributed by atoms with E-state index in [2.05, 4.69) is 15.8 Å². The number of amides is 2. The molecular weight excluding hydrogens is 382 g/mol. The fourth-order valence-corrected chi connectivity index (χ4v) is 2.93. The number of nitrogens with zero attached hydrogens (tertiary/aromatic N) is 1. The molecule has 0 unspecified atom stereocenters. The molecule has 1 aromatic heterocycles. The number of ether oxygens (including phenoxy) is 1. The van der Waals surface area contributed by atoms with Crippen LogP contribution in [-0.4, -0.2) is 23.0 Å². The van der Waals surface area contributed by atoms with Crippen molar-refractivity contribution in [1.29, 1.82) is 0 Å². The summed E-state index contributed by atoms with van der Waals surface area (Å²) in [5.41, 5.74) is 3.23. The summed E-state index contributed by atoms with van der Waals surface area (Å²) < 4.78 is 10.7. The number of carbonyl (C=O) groups is 2. The van der Waals surface area contributed by atoms with E-state index in [4.69, 9.17) is 9.26 Å². The summed E-state index contributed by atoms with van der Waals surface area (Å²) in [5, 5.41) is 9.72. The number of hydrogen-bond acceptors (Lipinski definition) is 5. The lowest BCUT2D eigenvalue weighted by atomic mass is 10.1. The fourth-order valence-electron chi connectivity index (χ4n) is 2.93. The molecule has 4 rings (SSSR count). The first-order chi connectivity index (χ1) is 14.5. The summed E-state index contributed by atoms with van der Waals surface area (Å²) in [6.45, 7) is 4.00. The lowest BCUT2D eigenvalue weighted by Crippen LogP contribution is -2.25. The Hall–Kier alpha value is -3.61. The van der Waals surface area contributed by atoms with Crippen molar-refractivity contribution in [2.75, 3.05) is 5.32 Å². The molecule has 1 aliphatic carbocycles. The molecule has 1 aliphatic rings. The van der Waals surface area contributed by atoms with Gasteiger partial charge < -0.3 is 19.9 Å². The lowest BCUT2D eigenvalue weighted by Gasteiger charge is -2.11. The van der Waals surface area contributed by atoms with Crippen LogP contribution in [0.1, 0.15) is 50.6 Å². The van der Waals surface area contributed by atoms with E-state index in [1.807, 2.05) is 26.0 Å². The van der Waals surface area contributed by atoms with Crippen LogP contribution in [0.4, 0.5) is 5.69 Å². The Kier molecular flexibility index (Phi) is 5.52. The number of hydrogen-bond donors (Lipinski definition) is 2. The lowest BCUT2D eigenvalue weighted by molar-refractivity contribution is 0.0949. The quantitative estimate of drug-likeness (QED) is 0.619. The van der Waals surface area contributed by atoms with Crippen molar-refractivity contribution >= 4 is 17.5 Å². The molecule has 2 aromatic carbocycles. The topological polar surface area (TPSA) is 93.5 Å². The highest BCUT2D eigenvalue weighted by atomic mass is 16.5. The molecule has 30 heavy (non-hydrogen) atoms. The van der Waals surface area contributed by atoms with Gasteiger partial charge >= 0.3 is 0 Å². The highest BCUT2D eigenvalue weighted by Gasteiger charge is 2.24. The number of aryl methyl sites for hydroxylation is 2. The smallest absolute Gasteiger partial charge is 0.255 e.